The number of hydrogen-bond donors (Lipinski definition) is 1. The van der Waals surface area contributed by atoms with E-state index in [1.54, 1.807) is 6.07 Å². The van der Waals surface area contributed by atoms with Crippen LogP contribution in [0.4, 0.5) is 5.69 Å². The Kier molecular flexibility index (Phi) is 3.34. The minimum atomic E-state index is 0.193. The summed E-state index contributed by atoms with van der Waals surface area (Å²) in [7, 11) is 0. The van der Waals surface area contributed by atoms with Crippen molar-refractivity contribution in [2.75, 3.05) is 12.3 Å². The van der Waals surface area contributed by atoms with Gasteiger partial charge in [0, 0.05) is 13.0 Å². The van der Waals surface area contributed by atoms with Gasteiger partial charge in [0.1, 0.15) is 5.52 Å². The van der Waals surface area contributed by atoms with Gasteiger partial charge in [-0.3, -0.25) is 4.79 Å². The molecule has 0 saturated carbocycles. The predicted octanol–water partition coefficient (Wildman–Crippen LogP) is 2.56. The molecule has 1 unspecified atom stereocenters. The number of nitrogens with two attached hydrogens (primary N) is 1. The first-order valence-electron chi connectivity index (χ1n) is 7.09. The molecule has 0 radical (unpaired) electrons. The molecule has 0 spiro atoms. The highest BCUT2D eigenvalue weighted by Crippen LogP contribution is 2.26. The van der Waals surface area contributed by atoms with E-state index in [1.165, 1.54) is 0 Å². The summed E-state index contributed by atoms with van der Waals surface area (Å²) >= 11 is 0. The summed E-state index contributed by atoms with van der Waals surface area (Å²) < 4.78 is 5.67. The van der Waals surface area contributed by atoms with Gasteiger partial charge in [-0.1, -0.05) is 19.4 Å². The Balaban J connectivity index is 1.76. The van der Waals surface area contributed by atoms with E-state index in [-0.39, 0.29) is 5.91 Å². The van der Waals surface area contributed by atoms with Gasteiger partial charge in [-0.2, -0.15) is 0 Å². The molecule has 1 aromatic heterocycles. The Morgan fingerprint density at radius 2 is 2.35 bits per heavy atom. The molecule has 1 amide bonds. The molecule has 0 aliphatic carbocycles. The van der Waals surface area contributed by atoms with Gasteiger partial charge in [0.05, 0.1) is 12.2 Å². The van der Waals surface area contributed by atoms with Crippen molar-refractivity contribution < 1.29 is 9.21 Å². The number of rotatable bonds is 4. The highest BCUT2D eigenvalue weighted by atomic mass is 16.3. The zero-order chi connectivity index (χ0) is 14.1. The molecule has 1 aliphatic rings. The summed E-state index contributed by atoms with van der Waals surface area (Å²) in [6.45, 7) is 3.39. The number of para-hydroxylation sites is 1. The molecular weight excluding hydrogens is 254 g/mol. The van der Waals surface area contributed by atoms with Crippen molar-refractivity contribution in [2.24, 2.45) is 5.92 Å². The van der Waals surface area contributed by atoms with Crippen molar-refractivity contribution in [1.29, 1.82) is 0 Å². The second kappa shape index (κ2) is 5.15. The lowest BCUT2D eigenvalue weighted by Gasteiger charge is -2.13. The van der Waals surface area contributed by atoms with Crippen LogP contribution in [-0.2, 0) is 11.3 Å². The van der Waals surface area contributed by atoms with Crippen LogP contribution in [0.5, 0.6) is 0 Å². The maximum Gasteiger partial charge on any atom is 0.223 e. The van der Waals surface area contributed by atoms with Crippen LogP contribution in [-0.4, -0.2) is 22.3 Å². The molecule has 2 aromatic rings. The third-order valence-corrected chi connectivity index (χ3v) is 3.81. The maximum atomic E-state index is 12.0. The van der Waals surface area contributed by atoms with Crippen LogP contribution in [0, 0.1) is 5.92 Å². The number of likely N-dealkylation sites (tertiary alicyclic amines) is 1. The highest BCUT2D eigenvalue weighted by molar-refractivity contribution is 5.85. The third-order valence-electron chi connectivity index (χ3n) is 3.81. The van der Waals surface area contributed by atoms with Gasteiger partial charge in [0.25, 0.3) is 0 Å². The van der Waals surface area contributed by atoms with E-state index in [2.05, 4.69) is 11.9 Å². The minimum Gasteiger partial charge on any atom is -0.439 e. The molecule has 2 heterocycles. The van der Waals surface area contributed by atoms with E-state index in [9.17, 15) is 4.79 Å². The van der Waals surface area contributed by atoms with Crippen LogP contribution in [0.3, 0.4) is 0 Å². The second-order valence-corrected chi connectivity index (χ2v) is 5.43. The van der Waals surface area contributed by atoms with Crippen molar-refractivity contribution in [3.05, 3.63) is 24.1 Å². The fraction of sp³-hybridized carbons (Fsp3) is 0.467. The van der Waals surface area contributed by atoms with E-state index in [0.29, 0.717) is 41.6 Å². The Labute approximate surface area is 117 Å². The summed E-state index contributed by atoms with van der Waals surface area (Å²) in [6.07, 6.45) is 2.87. The van der Waals surface area contributed by atoms with Crippen molar-refractivity contribution in [1.82, 2.24) is 9.88 Å². The maximum absolute atomic E-state index is 12.0. The van der Waals surface area contributed by atoms with E-state index >= 15 is 0 Å². The number of carbonyl (C=O) groups is 1. The van der Waals surface area contributed by atoms with Crippen LogP contribution in [0.2, 0.25) is 0 Å². The lowest BCUT2D eigenvalue weighted by atomic mass is 10.0. The first kappa shape index (κ1) is 13.0. The quantitative estimate of drug-likeness (QED) is 0.869. The fourth-order valence-electron chi connectivity index (χ4n) is 2.86. The largest absolute Gasteiger partial charge is 0.439 e. The topological polar surface area (TPSA) is 72.4 Å². The van der Waals surface area contributed by atoms with Gasteiger partial charge in [0.15, 0.2) is 5.58 Å². The van der Waals surface area contributed by atoms with Crippen molar-refractivity contribution >= 4 is 22.7 Å². The van der Waals surface area contributed by atoms with E-state index in [1.807, 2.05) is 17.0 Å². The minimum absolute atomic E-state index is 0.193. The SMILES string of the molecule is CCCC1CC(=O)N(Cc2nc3c(N)cccc3o2)C1. The molecule has 0 bridgehead atoms. The van der Waals surface area contributed by atoms with Gasteiger partial charge < -0.3 is 15.1 Å². The molecule has 1 fully saturated rings. The number of oxazole rings is 1. The molecule has 1 atom stereocenters. The van der Waals surface area contributed by atoms with E-state index < -0.39 is 0 Å². The molecule has 2 N–H and O–H groups in total. The highest BCUT2D eigenvalue weighted by Gasteiger charge is 2.29. The Morgan fingerprint density at radius 3 is 3.10 bits per heavy atom. The Bertz CT molecular complexity index is 635. The molecule has 20 heavy (non-hydrogen) atoms. The van der Waals surface area contributed by atoms with Gasteiger partial charge in [-0.05, 0) is 24.5 Å². The number of fused-ring (bicyclic) bond motifs is 1. The number of aromatic nitrogens is 1. The van der Waals surface area contributed by atoms with Crippen LogP contribution in [0.25, 0.3) is 11.1 Å². The second-order valence-electron chi connectivity index (χ2n) is 5.43. The zero-order valence-electron chi connectivity index (χ0n) is 11.6. The summed E-state index contributed by atoms with van der Waals surface area (Å²) in [6, 6.07) is 5.48. The normalized spacial score (nSPS) is 19.1. The van der Waals surface area contributed by atoms with Crippen LogP contribution < -0.4 is 5.73 Å². The molecule has 5 heteroatoms. The number of nitrogen functional groups attached to an aromatic ring is 1. The van der Waals surface area contributed by atoms with Gasteiger partial charge in [-0.15, -0.1) is 0 Å². The summed E-state index contributed by atoms with van der Waals surface area (Å²) in [5.41, 5.74) is 7.83. The number of anilines is 1. The first-order chi connectivity index (χ1) is 9.67. The van der Waals surface area contributed by atoms with Crippen LogP contribution in [0.1, 0.15) is 32.1 Å². The van der Waals surface area contributed by atoms with Crippen molar-refractivity contribution in [2.45, 2.75) is 32.7 Å². The van der Waals surface area contributed by atoms with E-state index in [4.69, 9.17) is 10.2 Å². The molecule has 3 rings (SSSR count). The van der Waals surface area contributed by atoms with Gasteiger partial charge in [0.2, 0.25) is 11.8 Å². The molecular formula is C15H19N3O2. The molecule has 1 aromatic carbocycles. The van der Waals surface area contributed by atoms with Crippen LogP contribution >= 0.6 is 0 Å². The average molecular weight is 273 g/mol. The number of amides is 1. The lowest BCUT2D eigenvalue weighted by Crippen LogP contribution is -2.24. The summed E-state index contributed by atoms with van der Waals surface area (Å²) in [5, 5.41) is 0. The Morgan fingerprint density at radius 1 is 1.50 bits per heavy atom. The molecule has 1 saturated heterocycles. The number of benzene rings is 1. The standard InChI is InChI=1S/C15H19N3O2/c1-2-4-10-7-14(19)18(8-10)9-13-17-15-11(16)5-3-6-12(15)20-13/h3,5-6,10H,2,4,7-9,16H2,1H3. The first-order valence-corrected chi connectivity index (χ1v) is 7.09. The van der Waals surface area contributed by atoms with Gasteiger partial charge >= 0.3 is 0 Å². The summed E-state index contributed by atoms with van der Waals surface area (Å²) in [4.78, 5) is 18.2. The predicted molar refractivity (Wildman–Crippen MR) is 76.9 cm³/mol. The lowest BCUT2D eigenvalue weighted by molar-refractivity contribution is -0.128. The number of hydrogen-bond acceptors (Lipinski definition) is 4. The molecule has 106 valence electrons. The van der Waals surface area contributed by atoms with E-state index in [0.717, 1.165) is 19.4 Å². The molecule has 1 aliphatic heterocycles. The fourth-order valence-corrected chi connectivity index (χ4v) is 2.86. The van der Waals surface area contributed by atoms with Crippen molar-refractivity contribution in [3.8, 4) is 0 Å². The smallest absolute Gasteiger partial charge is 0.223 e. The molecule has 5 nitrogen and oxygen atoms in total. The zero-order valence-corrected chi connectivity index (χ0v) is 11.6. The van der Waals surface area contributed by atoms with Gasteiger partial charge in [-0.25, -0.2) is 4.98 Å². The van der Waals surface area contributed by atoms with Crippen molar-refractivity contribution in [3.63, 3.8) is 0 Å². The third kappa shape index (κ3) is 2.35. The summed E-state index contributed by atoms with van der Waals surface area (Å²) in [5.74, 6) is 1.23. The monoisotopic (exact) mass is 273 g/mol. The van der Waals surface area contributed by atoms with Crippen LogP contribution in [0.15, 0.2) is 22.6 Å². The number of nitrogens with zero attached hydrogens (tertiary/aromatic N) is 2. The average Bonchev–Trinajstić information content (AvgIpc) is 2.96. The Hall–Kier alpha value is -2.04. The number of carbonyl (C=O) groups excluding carboxylic acids is 1.